The van der Waals surface area contributed by atoms with Crippen LogP contribution in [0.5, 0.6) is 0 Å². The normalized spacial score (nSPS) is 25.1. The highest BCUT2D eigenvalue weighted by atomic mass is 35.5. The van der Waals surface area contributed by atoms with Gasteiger partial charge in [0, 0.05) is 25.6 Å². The first-order chi connectivity index (χ1) is 10.2. The van der Waals surface area contributed by atoms with E-state index in [0.29, 0.717) is 11.3 Å². The van der Waals surface area contributed by atoms with Gasteiger partial charge in [-0.3, -0.25) is 0 Å². The zero-order chi connectivity index (χ0) is 14.3. The number of nitrogens with zero attached hydrogens (tertiary/aromatic N) is 4. The predicted molar refractivity (Wildman–Crippen MR) is 89.3 cm³/mol. The standard InChI is InChI=1S/C16H27N5.ClH/c1-16(5-2-6-16)12-20-8-3-13(4-9-20)15-19-18-14-11-17-7-10-21(14)15;/h13,17H,2-12H2,1H3;1H. The van der Waals surface area contributed by atoms with E-state index < -0.39 is 0 Å². The zero-order valence-corrected chi connectivity index (χ0v) is 14.4. The van der Waals surface area contributed by atoms with E-state index in [1.165, 1.54) is 57.6 Å². The van der Waals surface area contributed by atoms with Gasteiger partial charge in [-0.25, -0.2) is 0 Å². The van der Waals surface area contributed by atoms with E-state index in [1.807, 2.05) is 0 Å². The number of halogens is 1. The van der Waals surface area contributed by atoms with Crippen molar-refractivity contribution < 1.29 is 0 Å². The summed E-state index contributed by atoms with van der Waals surface area (Å²) >= 11 is 0. The minimum atomic E-state index is 0. The van der Waals surface area contributed by atoms with Crippen LogP contribution in [-0.2, 0) is 13.1 Å². The number of hydrogen-bond acceptors (Lipinski definition) is 4. The molecular formula is C16H28ClN5. The van der Waals surface area contributed by atoms with Crippen molar-refractivity contribution in [3.05, 3.63) is 11.6 Å². The number of fused-ring (bicyclic) bond motifs is 1. The van der Waals surface area contributed by atoms with Crippen LogP contribution >= 0.6 is 12.4 Å². The van der Waals surface area contributed by atoms with Gasteiger partial charge in [0.15, 0.2) is 0 Å². The fourth-order valence-electron chi connectivity index (χ4n) is 4.24. The highest BCUT2D eigenvalue weighted by Crippen LogP contribution is 2.41. The van der Waals surface area contributed by atoms with Crippen molar-refractivity contribution in [1.82, 2.24) is 25.0 Å². The summed E-state index contributed by atoms with van der Waals surface area (Å²) in [6.07, 6.45) is 6.80. The minimum Gasteiger partial charge on any atom is -0.312 e. The van der Waals surface area contributed by atoms with E-state index in [-0.39, 0.29) is 12.4 Å². The Balaban J connectivity index is 0.00000144. The average Bonchev–Trinajstić information content (AvgIpc) is 2.90. The Morgan fingerprint density at radius 2 is 1.95 bits per heavy atom. The second kappa shape index (κ2) is 6.46. The Morgan fingerprint density at radius 3 is 2.64 bits per heavy atom. The summed E-state index contributed by atoms with van der Waals surface area (Å²) in [7, 11) is 0. The molecule has 0 aromatic carbocycles. The Kier molecular flexibility index (Phi) is 4.76. The first-order valence-corrected chi connectivity index (χ1v) is 8.59. The number of hydrogen-bond donors (Lipinski definition) is 1. The van der Waals surface area contributed by atoms with Crippen molar-refractivity contribution in [3.8, 4) is 0 Å². The van der Waals surface area contributed by atoms with Gasteiger partial charge in [-0.2, -0.15) is 0 Å². The quantitative estimate of drug-likeness (QED) is 0.925. The van der Waals surface area contributed by atoms with Crippen LogP contribution in [0.3, 0.4) is 0 Å². The second-order valence-electron chi connectivity index (χ2n) is 7.52. The molecule has 4 rings (SSSR count). The van der Waals surface area contributed by atoms with Gasteiger partial charge in [-0.15, -0.1) is 22.6 Å². The summed E-state index contributed by atoms with van der Waals surface area (Å²) < 4.78 is 2.37. The molecule has 1 N–H and O–H groups in total. The van der Waals surface area contributed by atoms with Gasteiger partial charge in [0.1, 0.15) is 11.6 Å². The van der Waals surface area contributed by atoms with Crippen LogP contribution in [0.2, 0.25) is 0 Å². The highest BCUT2D eigenvalue weighted by molar-refractivity contribution is 5.85. The molecule has 0 atom stereocenters. The molecule has 0 amide bonds. The molecule has 5 nitrogen and oxygen atoms in total. The molecule has 0 unspecified atom stereocenters. The van der Waals surface area contributed by atoms with E-state index in [2.05, 4.69) is 31.9 Å². The van der Waals surface area contributed by atoms with Crippen molar-refractivity contribution in [2.45, 2.75) is 58.0 Å². The molecule has 0 spiro atoms. The van der Waals surface area contributed by atoms with Gasteiger partial charge in [0.05, 0.1) is 6.54 Å². The Morgan fingerprint density at radius 1 is 1.18 bits per heavy atom. The monoisotopic (exact) mass is 325 g/mol. The van der Waals surface area contributed by atoms with E-state index in [4.69, 9.17) is 0 Å². The summed E-state index contributed by atoms with van der Waals surface area (Å²) in [6, 6.07) is 0. The second-order valence-corrected chi connectivity index (χ2v) is 7.52. The Hall–Kier alpha value is -0.650. The van der Waals surface area contributed by atoms with E-state index in [0.717, 1.165) is 25.5 Å². The lowest BCUT2D eigenvalue weighted by atomic mass is 9.70. The Labute approximate surface area is 139 Å². The van der Waals surface area contributed by atoms with Crippen LogP contribution in [0.15, 0.2) is 0 Å². The van der Waals surface area contributed by atoms with Crippen molar-refractivity contribution in [2.24, 2.45) is 5.41 Å². The lowest BCUT2D eigenvalue weighted by Crippen LogP contribution is -2.43. The van der Waals surface area contributed by atoms with E-state index in [1.54, 1.807) is 0 Å². The van der Waals surface area contributed by atoms with Crippen LogP contribution in [0.25, 0.3) is 0 Å². The van der Waals surface area contributed by atoms with Gasteiger partial charge < -0.3 is 14.8 Å². The largest absolute Gasteiger partial charge is 0.312 e. The average molecular weight is 326 g/mol. The van der Waals surface area contributed by atoms with Crippen LogP contribution in [0.1, 0.15) is 56.6 Å². The third-order valence-electron chi connectivity index (χ3n) is 5.77. The number of piperidine rings is 1. The van der Waals surface area contributed by atoms with Crippen LogP contribution in [0, 0.1) is 5.41 Å². The lowest BCUT2D eigenvalue weighted by molar-refractivity contribution is 0.0698. The van der Waals surface area contributed by atoms with E-state index in [9.17, 15) is 0 Å². The molecule has 0 radical (unpaired) electrons. The van der Waals surface area contributed by atoms with Crippen LogP contribution in [0.4, 0.5) is 0 Å². The first kappa shape index (κ1) is 16.2. The van der Waals surface area contributed by atoms with Crippen molar-refractivity contribution >= 4 is 12.4 Å². The molecule has 3 aliphatic rings. The number of rotatable bonds is 3. The van der Waals surface area contributed by atoms with Crippen LogP contribution in [-0.4, -0.2) is 45.8 Å². The zero-order valence-electron chi connectivity index (χ0n) is 13.6. The molecule has 6 heteroatoms. The molecule has 1 saturated heterocycles. The van der Waals surface area contributed by atoms with Crippen molar-refractivity contribution in [3.63, 3.8) is 0 Å². The number of nitrogens with one attached hydrogen (secondary N) is 1. The summed E-state index contributed by atoms with van der Waals surface area (Å²) in [6.45, 7) is 9.21. The fraction of sp³-hybridized carbons (Fsp3) is 0.875. The third-order valence-corrected chi connectivity index (χ3v) is 5.77. The summed E-state index contributed by atoms with van der Waals surface area (Å²) in [5.74, 6) is 3.00. The molecule has 22 heavy (non-hydrogen) atoms. The maximum absolute atomic E-state index is 4.50. The minimum absolute atomic E-state index is 0. The number of aromatic nitrogens is 3. The summed E-state index contributed by atoms with van der Waals surface area (Å²) in [5.41, 5.74) is 0.618. The fourth-order valence-corrected chi connectivity index (χ4v) is 4.24. The molecule has 2 fully saturated rings. The maximum atomic E-state index is 4.50. The summed E-state index contributed by atoms with van der Waals surface area (Å²) in [4.78, 5) is 2.69. The van der Waals surface area contributed by atoms with Gasteiger partial charge in [0.2, 0.25) is 0 Å². The molecule has 1 saturated carbocycles. The van der Waals surface area contributed by atoms with Crippen LogP contribution < -0.4 is 5.32 Å². The smallest absolute Gasteiger partial charge is 0.147 e. The molecule has 124 valence electrons. The molecule has 1 aromatic rings. The predicted octanol–water partition coefficient (Wildman–Crippen LogP) is 2.17. The molecule has 1 aromatic heterocycles. The Bertz CT molecular complexity index is 503. The molecule has 2 aliphatic heterocycles. The lowest BCUT2D eigenvalue weighted by Gasteiger charge is -2.44. The van der Waals surface area contributed by atoms with Gasteiger partial charge in [0.25, 0.3) is 0 Å². The van der Waals surface area contributed by atoms with Gasteiger partial charge >= 0.3 is 0 Å². The maximum Gasteiger partial charge on any atom is 0.147 e. The molecular weight excluding hydrogens is 298 g/mol. The SMILES string of the molecule is CC1(CN2CCC(c3nnc4n3CCNC4)CC2)CCC1.Cl. The topological polar surface area (TPSA) is 46.0 Å². The molecule has 1 aliphatic carbocycles. The number of likely N-dealkylation sites (tertiary alicyclic amines) is 1. The molecule has 0 bridgehead atoms. The third kappa shape index (κ3) is 3.03. The van der Waals surface area contributed by atoms with Gasteiger partial charge in [-0.05, 0) is 44.2 Å². The first-order valence-electron chi connectivity index (χ1n) is 8.59. The van der Waals surface area contributed by atoms with Crippen molar-refractivity contribution in [1.29, 1.82) is 0 Å². The molecule has 3 heterocycles. The highest BCUT2D eigenvalue weighted by Gasteiger charge is 2.35. The van der Waals surface area contributed by atoms with Gasteiger partial charge in [-0.1, -0.05) is 13.3 Å². The summed E-state index contributed by atoms with van der Waals surface area (Å²) in [5, 5.41) is 12.2. The van der Waals surface area contributed by atoms with Crippen molar-refractivity contribution in [2.75, 3.05) is 26.2 Å². The van der Waals surface area contributed by atoms with E-state index >= 15 is 0 Å².